The topological polar surface area (TPSA) is 63.4 Å². The van der Waals surface area contributed by atoms with Gasteiger partial charge in [0.05, 0.1) is 6.42 Å². The molecule has 17 heavy (non-hydrogen) atoms. The fourth-order valence-electron chi connectivity index (χ4n) is 1.70. The third kappa shape index (κ3) is 9.27. The van der Waals surface area contributed by atoms with Gasteiger partial charge in [-0.2, -0.15) is 0 Å². The fraction of sp³-hybridized carbons (Fsp3) is 0.846. The normalized spacial score (nSPS) is 11.1. The molecule has 0 saturated heterocycles. The van der Waals surface area contributed by atoms with E-state index in [1.54, 1.807) is 0 Å². The van der Waals surface area contributed by atoms with Crippen LogP contribution in [0.1, 0.15) is 57.8 Å². The zero-order valence-corrected chi connectivity index (χ0v) is 10.7. The first-order valence-corrected chi connectivity index (χ1v) is 6.55. The Labute approximate surface area is 105 Å². The van der Waals surface area contributed by atoms with E-state index in [1.165, 1.54) is 25.7 Å². The van der Waals surface area contributed by atoms with Crippen molar-refractivity contribution in [3.05, 3.63) is 6.92 Å². The number of unbranched alkanes of at least 4 members (excludes halogenated alkanes) is 7. The molecule has 0 atom stereocenters. The summed E-state index contributed by atoms with van der Waals surface area (Å²) in [6.07, 6.45) is 9.41. The third-order valence-electron chi connectivity index (χ3n) is 2.83. The summed E-state index contributed by atoms with van der Waals surface area (Å²) in [5, 5.41) is 17.5. The van der Waals surface area contributed by atoms with E-state index in [1.807, 2.05) is 0 Å². The van der Waals surface area contributed by atoms with Crippen LogP contribution < -0.4 is 4.90 Å². The highest BCUT2D eigenvalue weighted by Crippen LogP contribution is 2.09. The first-order chi connectivity index (χ1) is 8.26. The molecule has 0 bridgehead atoms. The lowest BCUT2D eigenvalue weighted by molar-refractivity contribution is -0.130. The van der Waals surface area contributed by atoms with Gasteiger partial charge in [0, 0.05) is 0 Å². The highest BCUT2D eigenvalue weighted by molar-refractivity contribution is 5.78. The molecule has 100 valence electrons. The molecule has 2 N–H and O–H groups in total. The molecule has 2 radical (unpaired) electrons. The number of hydrogen-bond acceptors (Lipinski definition) is 3. The Balaban J connectivity index is 3.30. The van der Waals surface area contributed by atoms with Crippen molar-refractivity contribution in [1.82, 2.24) is 4.90 Å². The molecule has 0 saturated carbocycles. The van der Waals surface area contributed by atoms with E-state index < -0.39 is 13.5 Å². The first-order valence-electron chi connectivity index (χ1n) is 6.55. The summed E-state index contributed by atoms with van der Waals surface area (Å²) in [4.78, 5) is 12.4. The molecule has 0 heterocycles. The van der Waals surface area contributed by atoms with E-state index in [2.05, 4.69) is 6.92 Å². The van der Waals surface area contributed by atoms with E-state index in [-0.39, 0.29) is 5.91 Å². The van der Waals surface area contributed by atoms with E-state index in [0.717, 1.165) is 30.6 Å². The van der Waals surface area contributed by atoms with Crippen LogP contribution in [0.3, 0.4) is 0 Å². The summed E-state index contributed by atoms with van der Waals surface area (Å²) in [6, 6.07) is 0. The molecule has 4 heteroatoms. The van der Waals surface area contributed by atoms with Crippen molar-refractivity contribution < 1.29 is 15.0 Å². The number of carbonyl (C=O) groups is 1. The lowest BCUT2D eigenvalue weighted by Crippen LogP contribution is -2.38. The maximum absolute atomic E-state index is 11.4. The van der Waals surface area contributed by atoms with Crippen molar-refractivity contribution >= 4 is 5.91 Å². The summed E-state index contributed by atoms with van der Waals surface area (Å²) in [7, 11) is 0. The van der Waals surface area contributed by atoms with Gasteiger partial charge in [-0.3, -0.25) is 0 Å². The van der Waals surface area contributed by atoms with Crippen molar-refractivity contribution in [2.24, 2.45) is 0 Å². The Hall–Kier alpha value is -0.450. The Kier molecular flexibility index (Phi) is 11.7. The predicted octanol–water partition coefficient (Wildman–Crippen LogP) is 1.90. The van der Waals surface area contributed by atoms with E-state index in [0.29, 0.717) is 6.42 Å². The molecule has 4 nitrogen and oxygen atoms in total. The van der Waals surface area contributed by atoms with E-state index in [4.69, 9.17) is 10.2 Å². The molecule has 0 aromatic heterocycles. The predicted molar refractivity (Wildman–Crippen MR) is 68.2 cm³/mol. The van der Waals surface area contributed by atoms with Gasteiger partial charge < -0.3 is 10.2 Å². The number of rotatable bonds is 11. The largest absolute Gasteiger partial charge is 0.365 e. The quantitative estimate of drug-likeness (QED) is 0.331. The van der Waals surface area contributed by atoms with Gasteiger partial charge in [-0.25, -0.2) is 4.79 Å². The highest BCUT2D eigenvalue weighted by Gasteiger charge is 2.22. The Bertz CT molecular complexity index is 182. The molecule has 0 spiro atoms. The second-order valence-electron chi connectivity index (χ2n) is 4.29. The van der Waals surface area contributed by atoms with Crippen LogP contribution >= 0.6 is 0 Å². The summed E-state index contributed by atoms with van der Waals surface area (Å²) in [6.45, 7) is 3.00. The van der Waals surface area contributed by atoms with Crippen molar-refractivity contribution in [2.75, 3.05) is 13.5 Å². The van der Waals surface area contributed by atoms with Crippen LogP contribution in [-0.2, 0) is 4.79 Å². The van der Waals surface area contributed by atoms with Gasteiger partial charge in [0.25, 0.3) is 0 Å². The standard InChI is InChI=1S/C13H26NO3/c1-2-3-4-5-6-7-8-9-10-13(17)14(11-15)12-16/h15-16H,1-12H2/q+1. The minimum absolute atomic E-state index is 0.174. The smallest absolute Gasteiger partial charge is 0.343 e. The molecule has 0 aromatic carbocycles. The number of aliphatic hydroxyl groups excluding tert-OH is 2. The van der Waals surface area contributed by atoms with Gasteiger partial charge in [-0.05, 0) is 6.42 Å². The monoisotopic (exact) mass is 244 g/mol. The zero-order chi connectivity index (χ0) is 12.9. The second-order valence-corrected chi connectivity index (χ2v) is 4.29. The van der Waals surface area contributed by atoms with E-state index >= 15 is 0 Å². The summed E-state index contributed by atoms with van der Waals surface area (Å²) >= 11 is 0. The second kappa shape index (κ2) is 12.0. The maximum atomic E-state index is 11.4. The Morgan fingerprint density at radius 1 is 0.882 bits per heavy atom. The van der Waals surface area contributed by atoms with Crippen molar-refractivity contribution in [3.63, 3.8) is 0 Å². The van der Waals surface area contributed by atoms with Gasteiger partial charge in [0.15, 0.2) is 0 Å². The van der Waals surface area contributed by atoms with Crippen LogP contribution in [0.2, 0.25) is 0 Å². The average Bonchev–Trinajstić information content (AvgIpc) is 2.34. The third-order valence-corrected chi connectivity index (χ3v) is 2.83. The molecule has 0 aliphatic rings. The molecule has 0 aliphatic heterocycles. The summed E-state index contributed by atoms with van der Waals surface area (Å²) in [5.74, 6) is -0.174. The minimum Gasteiger partial charge on any atom is -0.343 e. The Morgan fingerprint density at radius 3 is 1.82 bits per heavy atom. The van der Waals surface area contributed by atoms with Gasteiger partial charge in [0.2, 0.25) is 13.5 Å². The van der Waals surface area contributed by atoms with Gasteiger partial charge >= 0.3 is 5.91 Å². The minimum atomic E-state index is -0.402. The molecule has 0 rings (SSSR count). The SMILES string of the molecule is [CH2]CCCCCCCCCC(=O)[N+](CO)CO. The van der Waals surface area contributed by atoms with Crippen LogP contribution in [0, 0.1) is 6.92 Å². The molecule has 0 aliphatic carbocycles. The zero-order valence-electron chi connectivity index (χ0n) is 10.7. The average molecular weight is 244 g/mol. The summed E-state index contributed by atoms with van der Waals surface area (Å²) < 4.78 is 0. The van der Waals surface area contributed by atoms with Crippen LogP contribution in [-0.4, -0.2) is 29.6 Å². The Morgan fingerprint density at radius 2 is 1.35 bits per heavy atom. The lowest BCUT2D eigenvalue weighted by atomic mass is 10.1. The first kappa shape index (κ1) is 16.6. The number of aliphatic hydroxyl groups is 2. The van der Waals surface area contributed by atoms with Gasteiger partial charge in [-0.1, -0.05) is 56.8 Å². The number of carbonyl (C=O) groups excluding carboxylic acids is 1. The molecular formula is C13H26NO3+. The molecular weight excluding hydrogens is 218 g/mol. The van der Waals surface area contributed by atoms with Crippen molar-refractivity contribution in [1.29, 1.82) is 0 Å². The summed E-state index contributed by atoms with van der Waals surface area (Å²) in [5.41, 5.74) is 0. The van der Waals surface area contributed by atoms with Gasteiger partial charge in [-0.15, -0.1) is 0 Å². The van der Waals surface area contributed by atoms with Crippen LogP contribution in [0.4, 0.5) is 0 Å². The van der Waals surface area contributed by atoms with Crippen LogP contribution in [0.25, 0.3) is 0 Å². The molecule has 0 unspecified atom stereocenters. The van der Waals surface area contributed by atoms with Crippen molar-refractivity contribution in [3.8, 4) is 0 Å². The number of hydrogen-bond donors (Lipinski definition) is 2. The van der Waals surface area contributed by atoms with Crippen LogP contribution in [0.15, 0.2) is 0 Å². The molecule has 1 amide bonds. The molecule has 0 aromatic rings. The fourth-order valence-corrected chi connectivity index (χ4v) is 1.70. The van der Waals surface area contributed by atoms with Crippen molar-refractivity contribution in [2.45, 2.75) is 57.8 Å². The highest BCUT2D eigenvalue weighted by atomic mass is 16.3. The van der Waals surface area contributed by atoms with Crippen LogP contribution in [0.5, 0.6) is 0 Å². The molecule has 0 fully saturated rings. The van der Waals surface area contributed by atoms with Gasteiger partial charge in [0.1, 0.15) is 0 Å². The maximum Gasteiger partial charge on any atom is 0.365 e. The number of nitrogens with zero attached hydrogens (tertiary/aromatic N) is 1. The number of amides is 1. The lowest BCUT2D eigenvalue weighted by Gasteiger charge is -2.03. The van der Waals surface area contributed by atoms with E-state index in [9.17, 15) is 4.79 Å².